The Kier molecular flexibility index (Phi) is 4.52. The second-order valence-electron chi connectivity index (χ2n) is 7.06. The van der Waals surface area contributed by atoms with Crippen LogP contribution in [-0.2, 0) is 14.8 Å². The smallest absolute Gasteiger partial charge is 0.301 e. The minimum atomic E-state index is -3.50. The monoisotopic (exact) mass is 354 g/mol. The molecule has 0 aromatic carbocycles. The second kappa shape index (κ2) is 6.20. The molecule has 0 aromatic heterocycles. The number of hydrogen-bond donors (Lipinski definition) is 4. The summed E-state index contributed by atoms with van der Waals surface area (Å²) in [6, 6.07) is 0.633. The van der Waals surface area contributed by atoms with E-state index in [1.807, 2.05) is 0 Å². The topological polar surface area (TPSA) is 114 Å². The second-order valence-corrected chi connectivity index (χ2v) is 8.63. The molecule has 2 unspecified atom stereocenters. The molecule has 4 N–H and O–H groups in total. The third-order valence-electron chi connectivity index (χ3n) is 5.48. The van der Waals surface area contributed by atoms with E-state index in [1.165, 1.54) is 24.3 Å². The highest BCUT2D eigenvalue weighted by atomic mass is 32.2. The number of carbonyl (C=O) groups is 1. The molecule has 1 amide bonds. The Bertz CT molecular complexity index is 721. The van der Waals surface area contributed by atoms with Gasteiger partial charge in [0.1, 0.15) is 0 Å². The minimum absolute atomic E-state index is 0.107. The highest BCUT2D eigenvalue weighted by Crippen LogP contribution is 2.41. The van der Waals surface area contributed by atoms with Crippen LogP contribution in [0.5, 0.6) is 0 Å². The number of aliphatic hydroxyl groups is 1. The summed E-state index contributed by atoms with van der Waals surface area (Å²) >= 11 is 0. The van der Waals surface area contributed by atoms with Crippen LogP contribution in [0, 0.1) is 4.78 Å². The van der Waals surface area contributed by atoms with Crippen molar-refractivity contribution in [2.75, 3.05) is 13.6 Å². The molecular weight excluding hydrogens is 330 g/mol. The van der Waals surface area contributed by atoms with Gasteiger partial charge in [-0.15, -0.1) is 0 Å². The summed E-state index contributed by atoms with van der Waals surface area (Å²) < 4.78 is 26.4. The Hall–Kier alpha value is -1.32. The molecule has 0 radical (unpaired) electrons. The SMILES string of the molecule is C[N+]1(CC(=O)N=C2C=CC(=S(=N)(O)O)C=C2)C2CCC1CC(O)C2. The number of nitrogens with zero attached hydrogens (tertiary/aromatic N) is 2. The lowest BCUT2D eigenvalue weighted by Crippen LogP contribution is -2.60. The molecule has 3 rings (SSSR count). The highest BCUT2D eigenvalue weighted by molar-refractivity contribution is 7.93. The van der Waals surface area contributed by atoms with Crippen molar-refractivity contribution in [3.05, 3.63) is 24.3 Å². The summed E-state index contributed by atoms with van der Waals surface area (Å²) in [5, 5.41) is 9.91. The Morgan fingerprint density at radius 1 is 1.25 bits per heavy atom. The molecule has 2 aliphatic heterocycles. The molecule has 2 heterocycles. The lowest BCUT2D eigenvalue weighted by Gasteiger charge is -2.45. The standard InChI is InChI=1S/C16H23N3O4S/c1-19(12-4-5-13(19)9-14(20)8-12)10-16(21)18-11-2-6-15(7-3-11)24(17,22)23/h2-3,6-7,12-14,20H,4-5,8-10H2,1H3,(H2-,17,18,21,22,23)/p+1. The number of quaternary nitrogens is 1. The van der Waals surface area contributed by atoms with Crippen molar-refractivity contribution in [1.29, 1.82) is 4.78 Å². The first-order valence-corrected chi connectivity index (χ1v) is 9.63. The molecule has 132 valence electrons. The average molecular weight is 354 g/mol. The minimum Gasteiger partial charge on any atom is -0.393 e. The third-order valence-corrected chi connectivity index (χ3v) is 6.41. The van der Waals surface area contributed by atoms with Crippen molar-refractivity contribution in [3.8, 4) is 0 Å². The highest BCUT2D eigenvalue weighted by Gasteiger charge is 2.52. The molecule has 0 spiro atoms. The Morgan fingerprint density at radius 3 is 2.29 bits per heavy atom. The summed E-state index contributed by atoms with van der Waals surface area (Å²) in [7, 11) is -1.41. The molecule has 3 aliphatic rings. The van der Waals surface area contributed by atoms with E-state index in [2.05, 4.69) is 12.0 Å². The average Bonchev–Trinajstić information content (AvgIpc) is 2.66. The number of piperidine rings is 1. The van der Waals surface area contributed by atoms with Gasteiger partial charge in [-0.05, 0) is 24.3 Å². The van der Waals surface area contributed by atoms with E-state index in [0.29, 0.717) is 28.8 Å². The first-order chi connectivity index (χ1) is 11.2. The normalized spacial score (nSPS) is 35.4. The summed E-state index contributed by atoms with van der Waals surface area (Å²) in [5.74, 6) is -0.212. The van der Waals surface area contributed by atoms with E-state index >= 15 is 0 Å². The van der Waals surface area contributed by atoms with Gasteiger partial charge in [-0.3, -0.25) is 4.79 Å². The fraction of sp³-hybridized carbons (Fsp3) is 0.562. The van der Waals surface area contributed by atoms with Gasteiger partial charge in [0.05, 0.1) is 45.8 Å². The molecule has 8 heteroatoms. The molecule has 2 atom stereocenters. The van der Waals surface area contributed by atoms with Gasteiger partial charge < -0.3 is 18.7 Å². The predicted molar refractivity (Wildman–Crippen MR) is 94.2 cm³/mol. The number of allylic oxidation sites excluding steroid dienone is 4. The van der Waals surface area contributed by atoms with Gasteiger partial charge in [-0.25, -0.2) is 9.77 Å². The molecule has 2 fully saturated rings. The number of hydrogen-bond acceptors (Lipinski definition) is 3. The maximum Gasteiger partial charge on any atom is 0.301 e. The van der Waals surface area contributed by atoms with E-state index in [-0.39, 0.29) is 16.9 Å². The third kappa shape index (κ3) is 3.38. The van der Waals surface area contributed by atoms with Gasteiger partial charge >= 0.3 is 5.91 Å². The van der Waals surface area contributed by atoms with Crippen LogP contribution < -0.4 is 0 Å². The van der Waals surface area contributed by atoms with Crippen molar-refractivity contribution in [3.63, 3.8) is 0 Å². The number of likely N-dealkylation sites (N-methyl/N-ethyl adjacent to an activating group) is 1. The molecule has 2 bridgehead atoms. The number of rotatable bonds is 2. The number of carbonyl (C=O) groups excluding carboxylic acids is 1. The number of aliphatic hydroxyl groups excluding tert-OH is 1. The van der Waals surface area contributed by atoms with Crippen molar-refractivity contribution in [2.45, 2.75) is 43.9 Å². The van der Waals surface area contributed by atoms with Crippen LogP contribution >= 0.6 is 0 Å². The molecule has 2 saturated heterocycles. The van der Waals surface area contributed by atoms with Crippen LogP contribution in [0.1, 0.15) is 25.7 Å². The fourth-order valence-electron chi connectivity index (χ4n) is 4.15. The van der Waals surface area contributed by atoms with Crippen LogP contribution in [-0.4, -0.2) is 67.0 Å². The zero-order valence-electron chi connectivity index (χ0n) is 13.6. The predicted octanol–water partition coefficient (Wildman–Crippen LogP) is 1.25. The van der Waals surface area contributed by atoms with Gasteiger partial charge in [0.25, 0.3) is 0 Å². The van der Waals surface area contributed by atoms with Gasteiger partial charge in [0.2, 0.25) is 0 Å². The fourth-order valence-corrected chi connectivity index (χ4v) is 4.67. The summed E-state index contributed by atoms with van der Waals surface area (Å²) in [6.45, 7) is 0.317. The number of fused-ring (bicyclic) bond motifs is 2. The van der Waals surface area contributed by atoms with Crippen LogP contribution in [0.2, 0.25) is 0 Å². The first kappa shape index (κ1) is 17.5. The largest absolute Gasteiger partial charge is 0.393 e. The maximum atomic E-state index is 12.4. The zero-order chi connectivity index (χ0) is 17.5. The van der Waals surface area contributed by atoms with Gasteiger partial charge in [-0.1, -0.05) is 0 Å². The van der Waals surface area contributed by atoms with E-state index in [4.69, 9.17) is 4.78 Å². The van der Waals surface area contributed by atoms with Crippen molar-refractivity contribution < 1.29 is 23.5 Å². The van der Waals surface area contributed by atoms with Gasteiger partial charge in [0, 0.05) is 25.7 Å². The zero-order valence-corrected chi connectivity index (χ0v) is 14.4. The van der Waals surface area contributed by atoms with E-state index in [9.17, 15) is 19.0 Å². The molecular formula is C16H24N3O4S+. The van der Waals surface area contributed by atoms with E-state index in [0.717, 1.165) is 25.7 Å². The molecule has 7 nitrogen and oxygen atoms in total. The number of amides is 1. The quantitative estimate of drug-likeness (QED) is 0.441. The van der Waals surface area contributed by atoms with Gasteiger partial charge in [0.15, 0.2) is 6.54 Å². The van der Waals surface area contributed by atoms with Crippen LogP contribution in [0.15, 0.2) is 29.3 Å². The summed E-state index contributed by atoms with van der Waals surface area (Å²) in [6.07, 6.45) is 9.18. The lowest BCUT2D eigenvalue weighted by atomic mass is 9.97. The molecule has 24 heavy (non-hydrogen) atoms. The Labute approximate surface area is 142 Å². The summed E-state index contributed by atoms with van der Waals surface area (Å²) in [4.78, 5) is 16.6. The van der Waals surface area contributed by atoms with Crippen molar-refractivity contribution in [2.24, 2.45) is 4.99 Å². The number of nitrogens with one attached hydrogen (secondary N) is 1. The van der Waals surface area contributed by atoms with E-state index in [1.54, 1.807) is 0 Å². The lowest BCUT2D eigenvalue weighted by molar-refractivity contribution is -0.942. The van der Waals surface area contributed by atoms with Gasteiger partial charge in [-0.2, -0.15) is 0 Å². The molecule has 0 aromatic rings. The van der Waals surface area contributed by atoms with Crippen molar-refractivity contribution in [1.82, 2.24) is 0 Å². The Balaban J connectivity index is 1.71. The number of aliphatic imine (C=N–C) groups is 1. The van der Waals surface area contributed by atoms with Crippen LogP contribution in [0.4, 0.5) is 0 Å². The molecule has 0 saturated carbocycles. The summed E-state index contributed by atoms with van der Waals surface area (Å²) in [5.41, 5.74) is 0.448. The van der Waals surface area contributed by atoms with Crippen molar-refractivity contribution >= 4 is 26.5 Å². The molecule has 1 aliphatic carbocycles. The van der Waals surface area contributed by atoms with E-state index < -0.39 is 9.98 Å². The van der Waals surface area contributed by atoms with Crippen LogP contribution in [0.3, 0.4) is 0 Å². The Morgan fingerprint density at radius 2 is 1.79 bits per heavy atom. The maximum absolute atomic E-state index is 12.4. The first-order valence-electron chi connectivity index (χ1n) is 8.09. The van der Waals surface area contributed by atoms with Crippen LogP contribution in [0.25, 0.3) is 0 Å².